The smallest absolute Gasteiger partial charge is 0.320 e. The Morgan fingerprint density at radius 2 is 2.27 bits per heavy atom. The van der Waals surface area contributed by atoms with Crippen LogP contribution >= 0.6 is 0 Å². The van der Waals surface area contributed by atoms with E-state index in [4.69, 9.17) is 5.11 Å². The summed E-state index contributed by atoms with van der Waals surface area (Å²) < 4.78 is 24.5. The SMILES string of the molecule is O=C(O)CS(=O)(=O)NCC[C@@H]1CCCN1. The highest BCUT2D eigenvalue weighted by Gasteiger charge is 2.17. The van der Waals surface area contributed by atoms with Gasteiger partial charge in [-0.15, -0.1) is 0 Å². The van der Waals surface area contributed by atoms with Crippen LogP contribution in [-0.2, 0) is 14.8 Å². The number of carboxylic acids is 1. The topological polar surface area (TPSA) is 95.5 Å². The van der Waals surface area contributed by atoms with Crippen LogP contribution in [-0.4, -0.2) is 44.4 Å². The first-order valence-electron chi connectivity index (χ1n) is 4.92. The Hall–Kier alpha value is -0.660. The van der Waals surface area contributed by atoms with Crippen molar-refractivity contribution >= 4 is 16.0 Å². The molecule has 1 aliphatic rings. The second-order valence-corrected chi connectivity index (χ2v) is 5.44. The molecule has 3 N–H and O–H groups in total. The van der Waals surface area contributed by atoms with Crippen LogP contribution in [0.5, 0.6) is 0 Å². The number of hydrogen-bond acceptors (Lipinski definition) is 4. The zero-order chi connectivity index (χ0) is 11.3. The van der Waals surface area contributed by atoms with E-state index in [2.05, 4.69) is 10.0 Å². The summed E-state index contributed by atoms with van der Waals surface area (Å²) in [6, 6.07) is 0.359. The van der Waals surface area contributed by atoms with Crippen molar-refractivity contribution in [2.75, 3.05) is 18.8 Å². The molecule has 0 aliphatic carbocycles. The standard InChI is InChI=1S/C8H16N2O4S/c11-8(12)6-15(13,14)10-5-3-7-2-1-4-9-7/h7,9-10H,1-6H2,(H,11,12)/t7-/m0/s1. The molecule has 0 radical (unpaired) electrons. The van der Waals surface area contributed by atoms with Gasteiger partial charge in [0.05, 0.1) is 0 Å². The molecule has 7 heteroatoms. The van der Waals surface area contributed by atoms with Crippen LogP contribution in [0, 0.1) is 0 Å². The molecule has 1 fully saturated rings. The average molecular weight is 236 g/mol. The van der Waals surface area contributed by atoms with Crippen LogP contribution < -0.4 is 10.0 Å². The molecule has 1 heterocycles. The van der Waals surface area contributed by atoms with Crippen molar-refractivity contribution in [2.24, 2.45) is 0 Å². The first kappa shape index (κ1) is 12.4. The van der Waals surface area contributed by atoms with Gasteiger partial charge in [0.25, 0.3) is 0 Å². The number of rotatable bonds is 6. The molecule has 1 aliphatic heterocycles. The van der Waals surface area contributed by atoms with Crippen LogP contribution in [0.15, 0.2) is 0 Å². The second-order valence-electron chi connectivity index (χ2n) is 3.63. The minimum absolute atomic E-state index is 0.299. The van der Waals surface area contributed by atoms with Gasteiger partial charge in [0.2, 0.25) is 10.0 Å². The monoisotopic (exact) mass is 236 g/mol. The van der Waals surface area contributed by atoms with Crippen molar-refractivity contribution in [2.45, 2.75) is 25.3 Å². The highest BCUT2D eigenvalue weighted by molar-refractivity contribution is 7.90. The summed E-state index contributed by atoms with van der Waals surface area (Å²) >= 11 is 0. The first-order valence-corrected chi connectivity index (χ1v) is 6.57. The van der Waals surface area contributed by atoms with Gasteiger partial charge in [0.1, 0.15) is 0 Å². The second kappa shape index (κ2) is 5.43. The number of carboxylic acid groups (broad SMARTS) is 1. The minimum Gasteiger partial charge on any atom is -0.480 e. The van der Waals surface area contributed by atoms with Crippen LogP contribution in [0.2, 0.25) is 0 Å². The lowest BCUT2D eigenvalue weighted by molar-refractivity contribution is -0.134. The summed E-state index contributed by atoms with van der Waals surface area (Å²) in [5, 5.41) is 11.6. The van der Waals surface area contributed by atoms with Gasteiger partial charge < -0.3 is 10.4 Å². The fourth-order valence-electron chi connectivity index (χ4n) is 1.61. The minimum atomic E-state index is -3.65. The summed E-state index contributed by atoms with van der Waals surface area (Å²) in [7, 11) is -3.65. The zero-order valence-corrected chi connectivity index (χ0v) is 9.22. The van der Waals surface area contributed by atoms with Crippen molar-refractivity contribution in [1.29, 1.82) is 0 Å². The van der Waals surface area contributed by atoms with Gasteiger partial charge in [-0.1, -0.05) is 0 Å². The number of sulfonamides is 1. The van der Waals surface area contributed by atoms with Crippen molar-refractivity contribution < 1.29 is 18.3 Å². The largest absolute Gasteiger partial charge is 0.480 e. The Labute approximate surface area is 89.1 Å². The third-order valence-electron chi connectivity index (χ3n) is 2.29. The van der Waals surface area contributed by atoms with Crippen molar-refractivity contribution in [3.63, 3.8) is 0 Å². The van der Waals surface area contributed by atoms with Crippen molar-refractivity contribution in [1.82, 2.24) is 10.0 Å². The molecule has 0 aromatic carbocycles. The Morgan fingerprint density at radius 1 is 1.53 bits per heavy atom. The van der Waals surface area contributed by atoms with Crippen molar-refractivity contribution in [3.05, 3.63) is 0 Å². The van der Waals surface area contributed by atoms with E-state index >= 15 is 0 Å². The molecule has 1 rings (SSSR count). The van der Waals surface area contributed by atoms with E-state index in [-0.39, 0.29) is 0 Å². The van der Waals surface area contributed by atoms with E-state index < -0.39 is 21.7 Å². The first-order chi connectivity index (χ1) is 6.99. The van der Waals surface area contributed by atoms with Crippen molar-refractivity contribution in [3.8, 4) is 0 Å². The molecule has 0 aromatic heterocycles. The number of hydrogen-bond donors (Lipinski definition) is 3. The van der Waals surface area contributed by atoms with Crippen LogP contribution in [0.3, 0.4) is 0 Å². The Bertz CT molecular complexity index is 309. The lowest BCUT2D eigenvalue weighted by atomic mass is 10.2. The molecule has 0 saturated carbocycles. The Kier molecular flexibility index (Phi) is 4.49. The molecule has 1 saturated heterocycles. The summed E-state index contributed by atoms with van der Waals surface area (Å²) in [5.74, 6) is -2.19. The summed E-state index contributed by atoms with van der Waals surface area (Å²) in [4.78, 5) is 10.2. The van der Waals surface area contributed by atoms with E-state index in [1.54, 1.807) is 0 Å². The molecule has 6 nitrogen and oxygen atoms in total. The number of carbonyl (C=O) groups is 1. The highest BCUT2D eigenvalue weighted by atomic mass is 32.2. The van der Waals surface area contributed by atoms with E-state index in [1.807, 2.05) is 0 Å². The fourth-order valence-corrected chi connectivity index (χ4v) is 2.46. The molecule has 88 valence electrons. The van der Waals surface area contributed by atoms with Crippen LogP contribution in [0.25, 0.3) is 0 Å². The number of nitrogens with one attached hydrogen (secondary N) is 2. The zero-order valence-electron chi connectivity index (χ0n) is 8.40. The van der Waals surface area contributed by atoms with Gasteiger partial charge in [-0.25, -0.2) is 13.1 Å². The summed E-state index contributed by atoms with van der Waals surface area (Å²) in [5.41, 5.74) is 0. The van der Waals surface area contributed by atoms with Gasteiger partial charge >= 0.3 is 5.97 Å². The molecule has 0 bridgehead atoms. The summed E-state index contributed by atoms with van der Waals surface area (Å²) in [6.45, 7) is 1.28. The maximum atomic E-state index is 11.1. The molecule has 0 aromatic rings. The normalized spacial score (nSPS) is 21.7. The predicted molar refractivity (Wildman–Crippen MR) is 55.1 cm³/mol. The maximum Gasteiger partial charge on any atom is 0.320 e. The quantitative estimate of drug-likeness (QED) is 0.557. The molecule has 1 atom stereocenters. The van der Waals surface area contributed by atoms with Gasteiger partial charge in [0.15, 0.2) is 5.75 Å². The molecular formula is C8H16N2O4S. The highest BCUT2D eigenvalue weighted by Crippen LogP contribution is 2.07. The van der Waals surface area contributed by atoms with Gasteiger partial charge in [0, 0.05) is 12.6 Å². The molecule has 0 spiro atoms. The average Bonchev–Trinajstić information content (AvgIpc) is 2.53. The van der Waals surface area contributed by atoms with E-state index in [0.717, 1.165) is 19.4 Å². The maximum absolute atomic E-state index is 11.1. The molecule has 0 amide bonds. The fraction of sp³-hybridized carbons (Fsp3) is 0.875. The van der Waals surface area contributed by atoms with E-state index in [0.29, 0.717) is 19.0 Å². The van der Waals surface area contributed by atoms with Gasteiger partial charge in [-0.3, -0.25) is 4.79 Å². The Morgan fingerprint density at radius 3 is 2.80 bits per heavy atom. The van der Waals surface area contributed by atoms with Gasteiger partial charge in [-0.2, -0.15) is 0 Å². The predicted octanol–water partition coefficient (Wildman–Crippen LogP) is -0.867. The third-order valence-corrected chi connectivity index (χ3v) is 3.56. The summed E-state index contributed by atoms with van der Waals surface area (Å²) in [6.07, 6.45) is 2.88. The van der Waals surface area contributed by atoms with E-state index in [1.165, 1.54) is 0 Å². The third kappa shape index (κ3) is 5.10. The molecule has 0 unspecified atom stereocenters. The van der Waals surface area contributed by atoms with Crippen LogP contribution in [0.4, 0.5) is 0 Å². The van der Waals surface area contributed by atoms with E-state index in [9.17, 15) is 13.2 Å². The molecule has 15 heavy (non-hydrogen) atoms. The number of aliphatic carboxylic acids is 1. The Balaban J connectivity index is 2.20. The molecular weight excluding hydrogens is 220 g/mol. The lowest BCUT2D eigenvalue weighted by Crippen LogP contribution is -2.33. The van der Waals surface area contributed by atoms with Crippen LogP contribution in [0.1, 0.15) is 19.3 Å². The van der Waals surface area contributed by atoms with Gasteiger partial charge in [-0.05, 0) is 25.8 Å². The lowest BCUT2D eigenvalue weighted by Gasteiger charge is -2.10.